The lowest BCUT2D eigenvalue weighted by Crippen LogP contribution is -2.62. The van der Waals surface area contributed by atoms with Crippen molar-refractivity contribution < 1.29 is 9.59 Å². The fourth-order valence-corrected chi connectivity index (χ4v) is 2.47. The van der Waals surface area contributed by atoms with Crippen LogP contribution in [0.5, 0.6) is 0 Å². The van der Waals surface area contributed by atoms with E-state index in [0.717, 1.165) is 19.4 Å². The van der Waals surface area contributed by atoms with E-state index in [0.29, 0.717) is 6.42 Å². The van der Waals surface area contributed by atoms with Crippen LogP contribution in [0.2, 0.25) is 0 Å². The molecule has 2 amide bonds. The number of carbonyl (C=O) groups is 2. The molecule has 0 aromatic heterocycles. The molecule has 0 aromatic rings. The number of carbonyl (C=O) groups excluding carboxylic acids is 2. The maximum Gasteiger partial charge on any atom is 0.245 e. The van der Waals surface area contributed by atoms with E-state index in [1.54, 1.807) is 11.8 Å². The van der Waals surface area contributed by atoms with Crippen molar-refractivity contribution in [2.45, 2.75) is 71.4 Å². The average Bonchev–Trinajstić information content (AvgIpc) is 2.35. The number of rotatable bonds is 7. The molecule has 4 heteroatoms. The minimum absolute atomic E-state index is 0.00171. The molecule has 2 unspecified atom stereocenters. The van der Waals surface area contributed by atoms with Gasteiger partial charge in [0.15, 0.2) is 0 Å². The Morgan fingerprint density at radius 2 is 1.78 bits per heavy atom. The van der Waals surface area contributed by atoms with Crippen LogP contribution in [-0.4, -0.2) is 35.3 Å². The maximum atomic E-state index is 12.1. The van der Waals surface area contributed by atoms with Crippen molar-refractivity contribution in [3.05, 3.63) is 0 Å². The van der Waals surface area contributed by atoms with Crippen LogP contribution >= 0.6 is 0 Å². The van der Waals surface area contributed by atoms with E-state index < -0.39 is 0 Å². The summed E-state index contributed by atoms with van der Waals surface area (Å²) in [5.41, 5.74) is 0. The molecule has 104 valence electrons. The summed E-state index contributed by atoms with van der Waals surface area (Å²) in [6.07, 6.45) is 6.53. The van der Waals surface area contributed by atoms with Crippen molar-refractivity contribution in [2.24, 2.45) is 0 Å². The third kappa shape index (κ3) is 3.72. The van der Waals surface area contributed by atoms with Crippen molar-refractivity contribution in [2.75, 3.05) is 6.54 Å². The van der Waals surface area contributed by atoms with Gasteiger partial charge in [0.2, 0.25) is 11.8 Å². The Balaban J connectivity index is 2.47. The Morgan fingerprint density at radius 1 is 1.11 bits per heavy atom. The smallest absolute Gasteiger partial charge is 0.245 e. The quantitative estimate of drug-likeness (QED) is 0.707. The highest BCUT2D eigenvalue weighted by atomic mass is 16.2. The molecule has 1 heterocycles. The summed E-state index contributed by atoms with van der Waals surface area (Å²) in [5, 5.41) is 2.74. The van der Waals surface area contributed by atoms with Crippen molar-refractivity contribution in [1.82, 2.24) is 10.2 Å². The largest absolute Gasteiger partial charge is 0.343 e. The van der Waals surface area contributed by atoms with Gasteiger partial charge in [-0.15, -0.1) is 0 Å². The highest BCUT2D eigenvalue weighted by Crippen LogP contribution is 2.14. The van der Waals surface area contributed by atoms with Crippen molar-refractivity contribution in [3.8, 4) is 0 Å². The molecule has 1 saturated heterocycles. The van der Waals surface area contributed by atoms with E-state index in [1.165, 1.54) is 19.3 Å². The number of nitrogens with one attached hydrogen (secondary N) is 1. The van der Waals surface area contributed by atoms with Crippen LogP contribution in [0.4, 0.5) is 0 Å². The number of piperazine rings is 1. The van der Waals surface area contributed by atoms with E-state index in [9.17, 15) is 9.59 Å². The second kappa shape index (κ2) is 7.39. The van der Waals surface area contributed by atoms with Gasteiger partial charge in [0.05, 0.1) is 0 Å². The molecule has 0 aromatic carbocycles. The molecule has 1 aliphatic heterocycles. The first-order chi connectivity index (χ1) is 8.61. The first kappa shape index (κ1) is 15.0. The Hall–Kier alpha value is -1.06. The maximum absolute atomic E-state index is 12.1. The molecule has 0 aliphatic carbocycles. The van der Waals surface area contributed by atoms with Gasteiger partial charge in [-0.3, -0.25) is 9.59 Å². The number of nitrogens with zero attached hydrogens (tertiary/aromatic N) is 1. The van der Waals surface area contributed by atoms with Crippen LogP contribution in [-0.2, 0) is 9.59 Å². The normalized spacial score (nSPS) is 24.3. The topological polar surface area (TPSA) is 49.4 Å². The Kier molecular flexibility index (Phi) is 6.16. The molecule has 0 radical (unpaired) electrons. The first-order valence-corrected chi connectivity index (χ1v) is 7.22. The molecule has 1 fully saturated rings. The molecular formula is C14H26N2O2. The predicted octanol–water partition coefficient (Wildman–Crippen LogP) is 2.08. The average molecular weight is 254 g/mol. The fourth-order valence-electron chi connectivity index (χ4n) is 2.47. The van der Waals surface area contributed by atoms with E-state index in [2.05, 4.69) is 12.2 Å². The van der Waals surface area contributed by atoms with Crippen LogP contribution in [0.15, 0.2) is 0 Å². The molecule has 1 rings (SSSR count). The second-order valence-electron chi connectivity index (χ2n) is 5.10. The van der Waals surface area contributed by atoms with Crippen LogP contribution in [0, 0.1) is 0 Å². The van der Waals surface area contributed by atoms with E-state index in [-0.39, 0.29) is 23.9 Å². The van der Waals surface area contributed by atoms with E-state index in [4.69, 9.17) is 0 Å². The summed E-state index contributed by atoms with van der Waals surface area (Å²) in [6.45, 7) is 6.62. The summed E-state index contributed by atoms with van der Waals surface area (Å²) < 4.78 is 0. The van der Waals surface area contributed by atoms with Crippen LogP contribution < -0.4 is 5.32 Å². The lowest BCUT2D eigenvalue weighted by Gasteiger charge is -2.37. The van der Waals surface area contributed by atoms with Crippen LogP contribution in [0.1, 0.15) is 59.3 Å². The summed E-state index contributed by atoms with van der Waals surface area (Å²) in [5.74, 6) is 0.0649. The van der Waals surface area contributed by atoms with Gasteiger partial charge in [-0.25, -0.2) is 0 Å². The third-order valence-corrected chi connectivity index (χ3v) is 3.58. The van der Waals surface area contributed by atoms with Gasteiger partial charge in [0.25, 0.3) is 0 Å². The molecule has 0 bridgehead atoms. The minimum Gasteiger partial charge on any atom is -0.343 e. The first-order valence-electron chi connectivity index (χ1n) is 7.22. The summed E-state index contributed by atoms with van der Waals surface area (Å²) in [6, 6.07) is -0.629. The van der Waals surface area contributed by atoms with Crippen LogP contribution in [0.3, 0.4) is 0 Å². The highest BCUT2D eigenvalue weighted by molar-refractivity contribution is 5.96. The molecule has 0 saturated carbocycles. The molecule has 2 atom stereocenters. The molecule has 4 nitrogen and oxygen atoms in total. The molecule has 1 N–H and O–H groups in total. The Bertz CT molecular complexity index is 292. The molecule has 18 heavy (non-hydrogen) atoms. The number of unbranched alkanes of at least 4 members (excludes halogenated alkanes) is 4. The highest BCUT2D eigenvalue weighted by Gasteiger charge is 2.36. The third-order valence-electron chi connectivity index (χ3n) is 3.58. The SMILES string of the molecule is CCCCCCCN1C(=O)C(C)NC(=O)C1CC. The van der Waals surface area contributed by atoms with E-state index in [1.807, 2.05) is 6.92 Å². The lowest BCUT2D eigenvalue weighted by atomic mass is 10.0. The predicted molar refractivity (Wildman–Crippen MR) is 72.2 cm³/mol. The Labute approximate surface area is 110 Å². The number of amides is 2. The van der Waals surface area contributed by atoms with E-state index >= 15 is 0 Å². The zero-order chi connectivity index (χ0) is 13.5. The van der Waals surface area contributed by atoms with Crippen LogP contribution in [0.25, 0.3) is 0 Å². The number of hydrogen-bond acceptors (Lipinski definition) is 2. The minimum atomic E-state index is -0.365. The summed E-state index contributed by atoms with van der Waals surface area (Å²) in [7, 11) is 0. The van der Waals surface area contributed by atoms with Gasteiger partial charge in [-0.1, -0.05) is 39.5 Å². The molecule has 0 spiro atoms. The van der Waals surface area contributed by atoms with Gasteiger partial charge >= 0.3 is 0 Å². The van der Waals surface area contributed by atoms with Gasteiger partial charge in [-0.2, -0.15) is 0 Å². The second-order valence-corrected chi connectivity index (χ2v) is 5.10. The Morgan fingerprint density at radius 3 is 2.39 bits per heavy atom. The number of hydrogen-bond donors (Lipinski definition) is 1. The van der Waals surface area contributed by atoms with Crippen molar-refractivity contribution in [3.63, 3.8) is 0 Å². The monoisotopic (exact) mass is 254 g/mol. The van der Waals surface area contributed by atoms with Gasteiger partial charge in [0, 0.05) is 6.54 Å². The summed E-state index contributed by atoms with van der Waals surface area (Å²) >= 11 is 0. The summed E-state index contributed by atoms with van der Waals surface area (Å²) in [4.78, 5) is 25.7. The fraction of sp³-hybridized carbons (Fsp3) is 0.857. The van der Waals surface area contributed by atoms with Crippen molar-refractivity contribution >= 4 is 11.8 Å². The van der Waals surface area contributed by atoms with Gasteiger partial charge < -0.3 is 10.2 Å². The lowest BCUT2D eigenvalue weighted by molar-refractivity contribution is -0.149. The van der Waals surface area contributed by atoms with Crippen molar-refractivity contribution in [1.29, 1.82) is 0 Å². The molecular weight excluding hydrogens is 228 g/mol. The van der Waals surface area contributed by atoms with Gasteiger partial charge in [0.1, 0.15) is 12.1 Å². The standard InChI is InChI=1S/C14H26N2O2/c1-4-6-7-8-9-10-16-12(5-2)13(17)15-11(3)14(16)18/h11-12H,4-10H2,1-3H3,(H,15,17). The molecule has 1 aliphatic rings. The van der Waals surface area contributed by atoms with Gasteiger partial charge in [-0.05, 0) is 19.8 Å². The zero-order valence-electron chi connectivity index (χ0n) is 11.9. The zero-order valence-corrected chi connectivity index (χ0v) is 11.9.